The molecule has 1 heterocycles. The van der Waals surface area contributed by atoms with Gasteiger partial charge in [-0.2, -0.15) is 0 Å². The maximum absolute atomic E-state index is 13.2. The van der Waals surface area contributed by atoms with Gasteiger partial charge in [-0.1, -0.05) is 54.1 Å². The molecule has 0 atom stereocenters. The van der Waals surface area contributed by atoms with Gasteiger partial charge in [0.15, 0.2) is 0 Å². The first-order valence-electron chi connectivity index (χ1n) is 12.1. The van der Waals surface area contributed by atoms with Crippen molar-refractivity contribution < 1.29 is 19.0 Å². The Labute approximate surface area is 230 Å². The first kappa shape index (κ1) is 28.9. The summed E-state index contributed by atoms with van der Waals surface area (Å²) in [4.78, 5) is 11.4. The molecule has 0 saturated carbocycles. The molecule has 1 aliphatic heterocycles. The summed E-state index contributed by atoms with van der Waals surface area (Å²) >= 11 is 9.21. The van der Waals surface area contributed by atoms with Gasteiger partial charge in [0.2, 0.25) is 0 Å². The van der Waals surface area contributed by atoms with Crippen LogP contribution in [-0.2, 0) is 17.8 Å². The molecule has 0 fully saturated rings. The normalized spacial score (nSPS) is 13.1. The fraction of sp³-hybridized carbons (Fsp3) is 0.276. The van der Waals surface area contributed by atoms with Crippen LogP contribution in [0.2, 0.25) is 5.02 Å². The van der Waals surface area contributed by atoms with Crippen LogP contribution in [0.1, 0.15) is 29.5 Å². The van der Waals surface area contributed by atoms with Crippen LogP contribution in [0.3, 0.4) is 0 Å². The Hall–Kier alpha value is -2.71. The molecule has 0 aliphatic carbocycles. The third kappa shape index (κ3) is 8.97. The molecule has 3 aromatic carbocycles. The van der Waals surface area contributed by atoms with Crippen LogP contribution >= 0.6 is 27.5 Å². The Morgan fingerprint density at radius 3 is 2.62 bits per heavy atom. The van der Waals surface area contributed by atoms with Gasteiger partial charge < -0.3 is 20.5 Å². The topological polar surface area (TPSA) is 70.6 Å². The zero-order valence-corrected chi connectivity index (χ0v) is 23.0. The van der Waals surface area contributed by atoms with Crippen molar-refractivity contribution in [2.75, 3.05) is 26.7 Å². The molecule has 196 valence electrons. The Balaban J connectivity index is 0.000000319. The van der Waals surface area contributed by atoms with E-state index in [1.54, 1.807) is 6.07 Å². The Morgan fingerprint density at radius 2 is 1.92 bits per heavy atom. The summed E-state index contributed by atoms with van der Waals surface area (Å²) in [6, 6.07) is 20.2. The predicted molar refractivity (Wildman–Crippen MR) is 151 cm³/mol. The van der Waals surface area contributed by atoms with Gasteiger partial charge in [-0.15, -0.1) is 0 Å². The lowest BCUT2D eigenvalue weighted by molar-refractivity contribution is -0.132. The number of aryl methyl sites for hydroxylation is 1. The predicted octanol–water partition coefficient (Wildman–Crippen LogP) is 6.49. The lowest BCUT2D eigenvalue weighted by atomic mass is 9.93. The van der Waals surface area contributed by atoms with Gasteiger partial charge >= 0.3 is 5.97 Å². The summed E-state index contributed by atoms with van der Waals surface area (Å²) in [5.74, 6) is -0.678. The number of aliphatic carboxylic acids is 1. The van der Waals surface area contributed by atoms with Crippen LogP contribution in [0.25, 0.3) is 5.57 Å². The van der Waals surface area contributed by atoms with E-state index in [2.05, 4.69) is 26.6 Å². The van der Waals surface area contributed by atoms with Crippen LogP contribution in [0.4, 0.5) is 4.39 Å². The van der Waals surface area contributed by atoms with Crippen molar-refractivity contribution in [3.63, 3.8) is 0 Å². The standard InChI is InChI=1S/C21H21BrFNO3.C8H10ClN/c22-19-8-7-16(23)12-20(19)27-11-1-2-14-3-5-15(6-4-14)17-9-10-24-13-18(17)21(25)26;1-10-6-7-4-2-3-5-8(7)9/h3-8,12,24H,1-2,9-11,13H2,(H,25,26);2-5,10H,6H2,1H3. The van der Waals surface area contributed by atoms with Crippen molar-refractivity contribution in [1.82, 2.24) is 10.6 Å². The maximum atomic E-state index is 13.2. The van der Waals surface area contributed by atoms with Crippen molar-refractivity contribution in [3.05, 3.63) is 104 Å². The van der Waals surface area contributed by atoms with E-state index < -0.39 is 5.97 Å². The summed E-state index contributed by atoms with van der Waals surface area (Å²) in [5, 5.41) is 16.3. The second kappa shape index (κ2) is 14.9. The molecule has 5 nitrogen and oxygen atoms in total. The highest BCUT2D eigenvalue weighted by Crippen LogP contribution is 2.27. The SMILES string of the molecule is CNCc1ccccc1Cl.O=C(O)C1=C(c2ccc(CCCOc3cc(F)ccc3Br)cc2)CCNC1. The van der Waals surface area contributed by atoms with Crippen LogP contribution < -0.4 is 15.4 Å². The zero-order chi connectivity index (χ0) is 26.6. The molecule has 0 aromatic heterocycles. The average molecular weight is 590 g/mol. The van der Waals surface area contributed by atoms with Crippen molar-refractivity contribution >= 4 is 39.1 Å². The molecule has 4 rings (SSSR count). The van der Waals surface area contributed by atoms with Crippen molar-refractivity contribution in [2.45, 2.75) is 25.8 Å². The van der Waals surface area contributed by atoms with Crippen molar-refractivity contribution in [1.29, 1.82) is 0 Å². The van der Waals surface area contributed by atoms with E-state index in [1.807, 2.05) is 55.6 Å². The highest BCUT2D eigenvalue weighted by Gasteiger charge is 2.19. The van der Waals surface area contributed by atoms with Gasteiger partial charge in [0.1, 0.15) is 11.6 Å². The number of hydrogen-bond acceptors (Lipinski definition) is 4. The van der Waals surface area contributed by atoms with Gasteiger partial charge in [-0.3, -0.25) is 0 Å². The van der Waals surface area contributed by atoms with Gasteiger partial charge in [0.25, 0.3) is 0 Å². The number of carboxylic acid groups (broad SMARTS) is 1. The molecule has 0 radical (unpaired) electrons. The van der Waals surface area contributed by atoms with E-state index in [0.29, 0.717) is 24.5 Å². The fourth-order valence-electron chi connectivity index (χ4n) is 3.96. The smallest absolute Gasteiger partial charge is 0.333 e. The van der Waals surface area contributed by atoms with Gasteiger partial charge in [-0.05, 0) is 89.2 Å². The number of carbonyl (C=O) groups is 1. The second-order valence-corrected chi connectivity index (χ2v) is 9.80. The van der Waals surface area contributed by atoms with E-state index in [4.69, 9.17) is 16.3 Å². The number of rotatable bonds is 9. The first-order chi connectivity index (χ1) is 17.9. The van der Waals surface area contributed by atoms with Crippen LogP contribution in [0, 0.1) is 5.82 Å². The molecule has 3 aromatic rings. The van der Waals surface area contributed by atoms with Crippen molar-refractivity contribution in [2.24, 2.45) is 0 Å². The van der Waals surface area contributed by atoms with Gasteiger partial charge in [0, 0.05) is 24.2 Å². The largest absolute Gasteiger partial charge is 0.492 e. The van der Waals surface area contributed by atoms with E-state index in [0.717, 1.165) is 64.1 Å². The first-order valence-corrected chi connectivity index (χ1v) is 13.3. The monoisotopic (exact) mass is 588 g/mol. The van der Waals surface area contributed by atoms with E-state index in [9.17, 15) is 14.3 Å². The summed E-state index contributed by atoms with van der Waals surface area (Å²) in [6.45, 7) is 2.52. The molecule has 1 aliphatic rings. The molecule has 0 saturated heterocycles. The lowest BCUT2D eigenvalue weighted by Crippen LogP contribution is -2.28. The number of ether oxygens (including phenoxy) is 1. The number of hydrogen-bond donors (Lipinski definition) is 3. The number of benzene rings is 3. The van der Waals surface area contributed by atoms with Gasteiger partial charge in [0.05, 0.1) is 16.7 Å². The highest BCUT2D eigenvalue weighted by atomic mass is 79.9. The summed E-state index contributed by atoms with van der Waals surface area (Å²) in [7, 11) is 1.91. The summed E-state index contributed by atoms with van der Waals surface area (Å²) < 4.78 is 19.6. The Morgan fingerprint density at radius 1 is 1.16 bits per heavy atom. The minimum atomic E-state index is -0.859. The summed E-state index contributed by atoms with van der Waals surface area (Å²) in [6.07, 6.45) is 2.35. The maximum Gasteiger partial charge on any atom is 0.333 e. The Kier molecular flexibility index (Phi) is 11.6. The minimum absolute atomic E-state index is 0.322. The molecule has 0 spiro atoms. The van der Waals surface area contributed by atoms with Crippen LogP contribution in [0.5, 0.6) is 5.75 Å². The van der Waals surface area contributed by atoms with Gasteiger partial charge in [-0.25, -0.2) is 9.18 Å². The molecule has 8 heteroatoms. The number of halogens is 3. The second-order valence-electron chi connectivity index (χ2n) is 8.53. The molecule has 0 unspecified atom stereocenters. The average Bonchev–Trinajstić information content (AvgIpc) is 2.91. The van der Waals surface area contributed by atoms with Crippen LogP contribution in [0.15, 0.2) is 76.8 Å². The highest BCUT2D eigenvalue weighted by molar-refractivity contribution is 9.10. The van der Waals surface area contributed by atoms with E-state index >= 15 is 0 Å². The molecule has 0 bridgehead atoms. The molecular weight excluding hydrogens is 559 g/mol. The van der Waals surface area contributed by atoms with E-state index in [1.165, 1.54) is 12.1 Å². The molecular formula is C29H31BrClFN2O3. The Bertz CT molecular complexity index is 1220. The zero-order valence-electron chi connectivity index (χ0n) is 20.7. The molecule has 37 heavy (non-hydrogen) atoms. The fourth-order valence-corrected chi connectivity index (χ4v) is 4.52. The molecule has 0 amide bonds. The van der Waals surface area contributed by atoms with Crippen LogP contribution in [-0.4, -0.2) is 37.8 Å². The number of nitrogens with one attached hydrogen (secondary N) is 2. The van der Waals surface area contributed by atoms with E-state index in [-0.39, 0.29) is 5.82 Å². The molecule has 3 N–H and O–H groups in total. The third-order valence-corrected chi connectivity index (χ3v) is 6.89. The number of carboxylic acids is 1. The third-order valence-electron chi connectivity index (χ3n) is 5.86. The van der Waals surface area contributed by atoms with Crippen molar-refractivity contribution in [3.8, 4) is 5.75 Å². The minimum Gasteiger partial charge on any atom is -0.492 e. The lowest BCUT2D eigenvalue weighted by Gasteiger charge is -2.19. The quantitative estimate of drug-likeness (QED) is 0.249. The summed E-state index contributed by atoms with van der Waals surface area (Å²) in [5.41, 5.74) is 4.63.